The van der Waals surface area contributed by atoms with Gasteiger partial charge in [-0.3, -0.25) is 4.90 Å². The SMILES string of the molecule is CC(C)CCN1CC(C)(C2CC2)NCC1(C)C. The molecule has 17 heavy (non-hydrogen) atoms. The smallest absolute Gasteiger partial charge is 0.0309 e. The second-order valence-corrected chi connectivity index (χ2v) is 7.46. The van der Waals surface area contributed by atoms with Gasteiger partial charge in [0.2, 0.25) is 0 Å². The van der Waals surface area contributed by atoms with Gasteiger partial charge in [0.15, 0.2) is 0 Å². The molecule has 2 fully saturated rings. The van der Waals surface area contributed by atoms with Crippen molar-refractivity contribution < 1.29 is 0 Å². The van der Waals surface area contributed by atoms with Crippen molar-refractivity contribution in [2.75, 3.05) is 19.6 Å². The topological polar surface area (TPSA) is 15.3 Å². The van der Waals surface area contributed by atoms with Gasteiger partial charge in [0.1, 0.15) is 0 Å². The number of piperazine rings is 1. The van der Waals surface area contributed by atoms with Crippen LogP contribution in [0.25, 0.3) is 0 Å². The molecule has 0 radical (unpaired) electrons. The molecule has 2 heteroatoms. The molecule has 1 saturated heterocycles. The van der Waals surface area contributed by atoms with E-state index in [1.807, 2.05) is 0 Å². The Morgan fingerprint density at radius 1 is 1.24 bits per heavy atom. The third-order valence-electron chi connectivity index (χ3n) is 4.75. The minimum atomic E-state index is 0.323. The summed E-state index contributed by atoms with van der Waals surface area (Å²) in [6.07, 6.45) is 4.19. The van der Waals surface area contributed by atoms with Gasteiger partial charge < -0.3 is 5.32 Å². The Kier molecular flexibility index (Phi) is 3.57. The van der Waals surface area contributed by atoms with E-state index in [1.165, 1.54) is 32.4 Å². The molecule has 1 aliphatic heterocycles. The highest BCUT2D eigenvalue weighted by Crippen LogP contribution is 2.42. The molecule has 100 valence electrons. The molecule has 0 aromatic heterocycles. The van der Waals surface area contributed by atoms with Crippen LogP contribution in [0.4, 0.5) is 0 Å². The Balaban J connectivity index is 1.98. The van der Waals surface area contributed by atoms with Gasteiger partial charge in [0.25, 0.3) is 0 Å². The van der Waals surface area contributed by atoms with Crippen molar-refractivity contribution in [3.63, 3.8) is 0 Å². The summed E-state index contributed by atoms with van der Waals surface area (Å²) in [4.78, 5) is 2.72. The fourth-order valence-corrected chi connectivity index (χ4v) is 2.99. The maximum atomic E-state index is 3.82. The van der Waals surface area contributed by atoms with Gasteiger partial charge in [0, 0.05) is 24.2 Å². The molecule has 2 nitrogen and oxygen atoms in total. The largest absolute Gasteiger partial charge is 0.308 e. The molecule has 0 aromatic carbocycles. The van der Waals surface area contributed by atoms with Crippen molar-refractivity contribution >= 4 is 0 Å². The van der Waals surface area contributed by atoms with Crippen LogP contribution in [0.1, 0.15) is 53.9 Å². The van der Waals surface area contributed by atoms with Crippen LogP contribution in [-0.2, 0) is 0 Å². The molecule has 0 bridgehead atoms. The van der Waals surface area contributed by atoms with Crippen molar-refractivity contribution in [3.8, 4) is 0 Å². The normalized spacial score (nSPS) is 34.2. The zero-order chi connectivity index (χ0) is 12.7. The standard InChI is InChI=1S/C15H30N2/c1-12(2)8-9-17-11-15(5,13-6-7-13)16-10-14(17,3)4/h12-13,16H,6-11H2,1-5H3. The van der Waals surface area contributed by atoms with E-state index in [0.29, 0.717) is 11.1 Å². The van der Waals surface area contributed by atoms with Crippen LogP contribution in [0.5, 0.6) is 0 Å². The second-order valence-electron chi connectivity index (χ2n) is 7.46. The van der Waals surface area contributed by atoms with E-state index >= 15 is 0 Å². The third-order valence-corrected chi connectivity index (χ3v) is 4.75. The Labute approximate surface area is 107 Å². The first kappa shape index (κ1) is 13.4. The van der Waals surface area contributed by atoms with Crippen LogP contribution < -0.4 is 5.32 Å². The number of nitrogens with one attached hydrogen (secondary N) is 1. The van der Waals surface area contributed by atoms with Crippen molar-refractivity contribution in [2.45, 2.75) is 65.0 Å². The van der Waals surface area contributed by atoms with E-state index in [4.69, 9.17) is 0 Å². The lowest BCUT2D eigenvalue weighted by molar-refractivity contribution is 0.0212. The highest BCUT2D eigenvalue weighted by atomic mass is 15.3. The average molecular weight is 238 g/mol. The Hall–Kier alpha value is -0.0800. The van der Waals surface area contributed by atoms with Crippen LogP contribution in [0, 0.1) is 11.8 Å². The van der Waals surface area contributed by atoms with Crippen molar-refractivity contribution in [3.05, 3.63) is 0 Å². The highest BCUT2D eigenvalue weighted by molar-refractivity contribution is 5.06. The van der Waals surface area contributed by atoms with Gasteiger partial charge in [0.05, 0.1) is 0 Å². The molecular weight excluding hydrogens is 208 g/mol. The Morgan fingerprint density at radius 3 is 2.41 bits per heavy atom. The average Bonchev–Trinajstić information content (AvgIpc) is 3.03. The predicted octanol–water partition coefficient (Wildman–Crippen LogP) is 2.89. The summed E-state index contributed by atoms with van der Waals surface area (Å²) in [5, 5.41) is 3.82. The molecule has 1 N–H and O–H groups in total. The summed E-state index contributed by atoms with van der Waals surface area (Å²) in [5.41, 5.74) is 0.704. The molecular formula is C15H30N2. The predicted molar refractivity (Wildman–Crippen MR) is 74.2 cm³/mol. The fourth-order valence-electron chi connectivity index (χ4n) is 2.99. The summed E-state index contributed by atoms with van der Waals surface area (Å²) >= 11 is 0. The molecule has 0 spiro atoms. The first-order chi connectivity index (χ1) is 7.83. The summed E-state index contributed by atoms with van der Waals surface area (Å²) in [6, 6.07) is 0. The molecule has 0 aromatic rings. The van der Waals surface area contributed by atoms with Gasteiger partial charge in [-0.25, -0.2) is 0 Å². The summed E-state index contributed by atoms with van der Waals surface area (Å²) < 4.78 is 0. The quantitative estimate of drug-likeness (QED) is 0.810. The highest BCUT2D eigenvalue weighted by Gasteiger charge is 2.47. The van der Waals surface area contributed by atoms with Crippen molar-refractivity contribution in [1.82, 2.24) is 10.2 Å². The number of nitrogens with zero attached hydrogens (tertiary/aromatic N) is 1. The van der Waals surface area contributed by atoms with Crippen LogP contribution >= 0.6 is 0 Å². The lowest BCUT2D eigenvalue weighted by Crippen LogP contribution is -2.68. The van der Waals surface area contributed by atoms with Gasteiger partial charge in [-0.05, 0) is 58.4 Å². The van der Waals surface area contributed by atoms with Crippen LogP contribution in [0.15, 0.2) is 0 Å². The molecule has 1 aliphatic carbocycles. The zero-order valence-electron chi connectivity index (χ0n) is 12.3. The lowest BCUT2D eigenvalue weighted by Gasteiger charge is -2.51. The molecule has 1 heterocycles. The Morgan fingerprint density at radius 2 is 1.88 bits per heavy atom. The molecule has 1 saturated carbocycles. The lowest BCUT2D eigenvalue weighted by atomic mass is 9.86. The molecule has 2 rings (SSSR count). The van der Waals surface area contributed by atoms with E-state index in [0.717, 1.165) is 18.4 Å². The van der Waals surface area contributed by atoms with Crippen LogP contribution in [0.3, 0.4) is 0 Å². The number of rotatable bonds is 4. The number of hydrogen-bond acceptors (Lipinski definition) is 2. The molecule has 0 amide bonds. The van der Waals surface area contributed by atoms with E-state index in [1.54, 1.807) is 0 Å². The Bertz CT molecular complexity index is 268. The zero-order valence-corrected chi connectivity index (χ0v) is 12.3. The van der Waals surface area contributed by atoms with Crippen molar-refractivity contribution in [1.29, 1.82) is 0 Å². The van der Waals surface area contributed by atoms with E-state index in [9.17, 15) is 0 Å². The maximum Gasteiger partial charge on any atom is 0.0309 e. The summed E-state index contributed by atoms with van der Waals surface area (Å²) in [6.45, 7) is 15.5. The minimum absolute atomic E-state index is 0.323. The fraction of sp³-hybridized carbons (Fsp3) is 1.00. The monoisotopic (exact) mass is 238 g/mol. The van der Waals surface area contributed by atoms with Gasteiger partial charge in [-0.1, -0.05) is 13.8 Å². The number of hydrogen-bond donors (Lipinski definition) is 1. The van der Waals surface area contributed by atoms with E-state index in [2.05, 4.69) is 44.8 Å². The van der Waals surface area contributed by atoms with Gasteiger partial charge in [-0.15, -0.1) is 0 Å². The molecule has 1 atom stereocenters. The summed E-state index contributed by atoms with van der Waals surface area (Å²) in [5.74, 6) is 1.74. The van der Waals surface area contributed by atoms with E-state index in [-0.39, 0.29) is 0 Å². The van der Waals surface area contributed by atoms with E-state index < -0.39 is 0 Å². The maximum absolute atomic E-state index is 3.82. The third kappa shape index (κ3) is 3.03. The second kappa shape index (κ2) is 4.55. The van der Waals surface area contributed by atoms with Crippen LogP contribution in [0.2, 0.25) is 0 Å². The van der Waals surface area contributed by atoms with Crippen molar-refractivity contribution in [2.24, 2.45) is 11.8 Å². The van der Waals surface area contributed by atoms with Gasteiger partial charge >= 0.3 is 0 Å². The first-order valence-corrected chi connectivity index (χ1v) is 7.33. The molecule has 1 unspecified atom stereocenters. The van der Waals surface area contributed by atoms with Gasteiger partial charge in [-0.2, -0.15) is 0 Å². The minimum Gasteiger partial charge on any atom is -0.308 e. The first-order valence-electron chi connectivity index (χ1n) is 7.33. The van der Waals surface area contributed by atoms with Crippen LogP contribution in [-0.4, -0.2) is 35.6 Å². The summed E-state index contributed by atoms with van der Waals surface area (Å²) in [7, 11) is 0. The molecule has 2 aliphatic rings.